The monoisotopic (exact) mass is 411 g/mol. The zero-order valence-corrected chi connectivity index (χ0v) is 16.9. The summed E-state index contributed by atoms with van der Waals surface area (Å²) in [5, 5.41) is 2.82. The fraction of sp³-hybridized carbons (Fsp3) is 0.250. The fourth-order valence-electron chi connectivity index (χ4n) is 2.79. The van der Waals surface area contributed by atoms with Gasteiger partial charge < -0.3 is 15.8 Å². The van der Waals surface area contributed by atoms with Crippen LogP contribution in [-0.2, 0) is 11.0 Å². The van der Waals surface area contributed by atoms with Crippen LogP contribution in [0.15, 0.2) is 41.5 Å². The predicted octanol–water partition coefficient (Wildman–Crippen LogP) is 1.62. The molecule has 0 saturated heterocycles. The number of terminal acetylenes is 1. The smallest absolute Gasteiger partial charge is 0.274 e. The molecule has 1 amide bonds. The van der Waals surface area contributed by atoms with Gasteiger partial charge in [-0.3, -0.25) is 9.10 Å². The minimum absolute atomic E-state index is 0.133. The molecule has 0 fully saturated rings. The van der Waals surface area contributed by atoms with Gasteiger partial charge in [0.1, 0.15) is 29.0 Å². The summed E-state index contributed by atoms with van der Waals surface area (Å²) in [4.78, 5) is 21.0. The molecule has 0 saturated carbocycles. The first-order chi connectivity index (χ1) is 13.9. The third-order valence-electron chi connectivity index (χ3n) is 4.40. The molecule has 0 bridgehead atoms. The molecule has 150 valence electrons. The summed E-state index contributed by atoms with van der Waals surface area (Å²) in [6.45, 7) is 2.07. The summed E-state index contributed by atoms with van der Waals surface area (Å²) < 4.78 is 18.9. The van der Waals surface area contributed by atoms with Crippen molar-refractivity contribution in [1.82, 2.24) is 9.29 Å². The van der Waals surface area contributed by atoms with Gasteiger partial charge in [-0.25, -0.2) is 14.2 Å². The number of hydrogen-bond donors (Lipinski definition) is 2. The lowest BCUT2D eigenvalue weighted by Gasteiger charge is -2.27. The minimum Gasteiger partial charge on any atom is -0.479 e. The van der Waals surface area contributed by atoms with E-state index in [1.807, 2.05) is 19.1 Å². The van der Waals surface area contributed by atoms with Crippen molar-refractivity contribution in [3.05, 3.63) is 53.3 Å². The lowest BCUT2D eigenvalue weighted by Crippen LogP contribution is -2.41. The minimum atomic E-state index is -1.25. The molecule has 3 N–H and O–H groups in total. The number of carbonyl (C=O) groups is 1. The van der Waals surface area contributed by atoms with Gasteiger partial charge in [-0.15, -0.1) is 6.42 Å². The van der Waals surface area contributed by atoms with Crippen molar-refractivity contribution in [2.24, 2.45) is 10.7 Å². The summed E-state index contributed by atoms with van der Waals surface area (Å²) in [5.74, 6) is 3.05. The van der Waals surface area contributed by atoms with Gasteiger partial charge >= 0.3 is 0 Å². The molecule has 1 aliphatic rings. The van der Waals surface area contributed by atoms with Crippen molar-refractivity contribution >= 4 is 28.5 Å². The first-order valence-electron chi connectivity index (χ1n) is 8.78. The van der Waals surface area contributed by atoms with Gasteiger partial charge in [0.2, 0.25) is 5.96 Å². The summed E-state index contributed by atoms with van der Waals surface area (Å²) >= 11 is 0. The normalized spacial score (nSPS) is 18.5. The van der Waals surface area contributed by atoms with Crippen molar-refractivity contribution in [1.29, 1.82) is 0 Å². The molecule has 0 spiro atoms. The molecule has 1 aromatic carbocycles. The number of hydrogen-bond acceptors (Lipinski definition) is 6. The van der Waals surface area contributed by atoms with Crippen LogP contribution < -0.4 is 15.8 Å². The second kappa shape index (κ2) is 8.75. The van der Waals surface area contributed by atoms with E-state index in [9.17, 15) is 9.00 Å². The topological polar surface area (TPSA) is 110 Å². The first-order valence-corrected chi connectivity index (χ1v) is 10.1. The second-order valence-corrected chi connectivity index (χ2v) is 7.91. The van der Waals surface area contributed by atoms with Crippen LogP contribution in [-0.4, -0.2) is 44.8 Å². The van der Waals surface area contributed by atoms with Crippen LogP contribution in [0.25, 0.3) is 0 Å². The molecule has 8 nitrogen and oxygen atoms in total. The van der Waals surface area contributed by atoms with Gasteiger partial charge in [0.25, 0.3) is 5.91 Å². The molecule has 2 atom stereocenters. The van der Waals surface area contributed by atoms with Crippen molar-refractivity contribution in [2.75, 3.05) is 24.7 Å². The second-order valence-electron chi connectivity index (χ2n) is 6.39. The highest BCUT2D eigenvalue weighted by Crippen LogP contribution is 2.28. The van der Waals surface area contributed by atoms with Gasteiger partial charge in [0.05, 0.1) is 18.0 Å². The Hall–Kier alpha value is -3.38. The zero-order valence-electron chi connectivity index (χ0n) is 16.1. The third kappa shape index (κ3) is 4.73. The number of benzene rings is 1. The number of nitrogens with one attached hydrogen (secondary N) is 1. The molecule has 29 heavy (non-hydrogen) atoms. The molecule has 2 heterocycles. The number of pyridine rings is 1. The molecule has 2 aromatic rings. The Morgan fingerprint density at radius 3 is 2.90 bits per heavy atom. The number of ether oxygens (including phenoxy) is 1. The van der Waals surface area contributed by atoms with Crippen molar-refractivity contribution in [3.8, 4) is 18.1 Å². The molecule has 3 rings (SSSR count). The molecule has 0 aliphatic carbocycles. The van der Waals surface area contributed by atoms with E-state index in [1.54, 1.807) is 25.2 Å². The fourth-order valence-corrected chi connectivity index (χ4v) is 3.79. The van der Waals surface area contributed by atoms with E-state index < -0.39 is 11.0 Å². The van der Waals surface area contributed by atoms with Crippen molar-refractivity contribution < 1.29 is 13.7 Å². The predicted molar refractivity (Wildman–Crippen MR) is 113 cm³/mol. The lowest BCUT2D eigenvalue weighted by molar-refractivity contribution is 0.102. The van der Waals surface area contributed by atoms with E-state index in [1.165, 1.54) is 10.5 Å². The Kier molecular flexibility index (Phi) is 6.14. The number of aryl methyl sites for hydroxylation is 1. The Bertz CT molecular complexity index is 1010. The molecule has 2 unspecified atom stereocenters. The number of guanidine groups is 1. The summed E-state index contributed by atoms with van der Waals surface area (Å²) in [5.41, 5.74) is 8.52. The van der Waals surface area contributed by atoms with Gasteiger partial charge in [0.15, 0.2) is 0 Å². The molecule has 0 radical (unpaired) electrons. The zero-order chi connectivity index (χ0) is 21.0. The molecule has 1 aliphatic heterocycles. The summed E-state index contributed by atoms with van der Waals surface area (Å²) in [6, 6.07) is 8.34. The number of carbonyl (C=O) groups excluding carboxylic acids is 1. The Balaban J connectivity index is 1.77. The molecular weight excluding hydrogens is 390 g/mol. The Morgan fingerprint density at radius 1 is 1.45 bits per heavy atom. The highest BCUT2D eigenvalue weighted by Gasteiger charge is 2.26. The van der Waals surface area contributed by atoms with E-state index in [0.29, 0.717) is 17.2 Å². The van der Waals surface area contributed by atoms with Crippen LogP contribution >= 0.6 is 0 Å². The van der Waals surface area contributed by atoms with Crippen LogP contribution in [0.4, 0.5) is 5.69 Å². The largest absolute Gasteiger partial charge is 0.479 e. The molecule has 9 heteroatoms. The SMILES string of the molecule is C#CCOc1ccc(C(=O)Nc2ccc(C)c(C3CS(=O)N(C)C(N)=N3)c2)nc1. The van der Waals surface area contributed by atoms with Crippen LogP contribution in [0.2, 0.25) is 0 Å². The number of aliphatic imine (C=N–C) groups is 1. The first kappa shape index (κ1) is 20.4. The van der Waals surface area contributed by atoms with Gasteiger partial charge in [-0.2, -0.15) is 0 Å². The van der Waals surface area contributed by atoms with Gasteiger partial charge in [-0.1, -0.05) is 12.0 Å². The van der Waals surface area contributed by atoms with Crippen LogP contribution in [0, 0.1) is 19.3 Å². The Labute approximate surface area is 171 Å². The van der Waals surface area contributed by atoms with E-state index >= 15 is 0 Å². The Morgan fingerprint density at radius 2 is 2.24 bits per heavy atom. The van der Waals surface area contributed by atoms with E-state index in [2.05, 4.69) is 21.2 Å². The average Bonchev–Trinajstić information content (AvgIpc) is 2.71. The molecule has 1 aromatic heterocycles. The average molecular weight is 411 g/mol. The van der Waals surface area contributed by atoms with E-state index in [4.69, 9.17) is 16.9 Å². The van der Waals surface area contributed by atoms with E-state index in [-0.39, 0.29) is 30.2 Å². The highest BCUT2D eigenvalue weighted by atomic mass is 32.2. The maximum atomic E-state index is 12.5. The number of anilines is 1. The highest BCUT2D eigenvalue weighted by molar-refractivity contribution is 7.83. The third-order valence-corrected chi connectivity index (χ3v) is 5.80. The standard InChI is InChI=1S/C20H21N5O3S/c1-4-9-28-15-7-8-17(22-11-15)19(26)23-14-6-5-13(2)16(10-14)18-12-29(27)25(3)20(21)24-18/h1,5-8,10-11,18H,9,12H2,2-3H3,(H2,21,24)(H,23,26). The van der Waals surface area contributed by atoms with Crippen LogP contribution in [0.5, 0.6) is 5.75 Å². The summed E-state index contributed by atoms with van der Waals surface area (Å²) in [6.07, 6.45) is 6.59. The number of aromatic nitrogens is 1. The maximum absolute atomic E-state index is 12.5. The van der Waals surface area contributed by atoms with Crippen molar-refractivity contribution in [2.45, 2.75) is 13.0 Å². The maximum Gasteiger partial charge on any atom is 0.274 e. The van der Waals surface area contributed by atoms with Crippen molar-refractivity contribution in [3.63, 3.8) is 0 Å². The van der Waals surface area contributed by atoms with Crippen LogP contribution in [0.3, 0.4) is 0 Å². The van der Waals surface area contributed by atoms with Gasteiger partial charge in [-0.05, 0) is 42.3 Å². The van der Waals surface area contributed by atoms with Crippen LogP contribution in [0.1, 0.15) is 27.7 Å². The molecular formula is C20H21N5O3S. The number of amides is 1. The number of rotatable bonds is 5. The lowest BCUT2D eigenvalue weighted by atomic mass is 10.0. The van der Waals surface area contributed by atoms with Gasteiger partial charge in [0, 0.05) is 12.7 Å². The number of nitrogens with zero attached hydrogens (tertiary/aromatic N) is 3. The quantitative estimate of drug-likeness (QED) is 0.727. The number of nitrogens with two attached hydrogens (primary N) is 1. The summed E-state index contributed by atoms with van der Waals surface area (Å²) in [7, 11) is 0.394. The van der Waals surface area contributed by atoms with E-state index in [0.717, 1.165) is 11.1 Å².